The summed E-state index contributed by atoms with van der Waals surface area (Å²) in [5.41, 5.74) is 0.703. The molecule has 0 bridgehead atoms. The van der Waals surface area contributed by atoms with Gasteiger partial charge in [-0.1, -0.05) is 30.3 Å². The Labute approximate surface area is 137 Å². The molecule has 1 fully saturated rings. The van der Waals surface area contributed by atoms with Gasteiger partial charge in [-0.05, 0) is 31.7 Å². The first-order valence-corrected chi connectivity index (χ1v) is 9.44. The highest BCUT2D eigenvalue weighted by Crippen LogP contribution is 2.19. The van der Waals surface area contributed by atoms with E-state index in [4.69, 9.17) is 8.92 Å². The molecule has 1 aromatic carbocycles. The van der Waals surface area contributed by atoms with Crippen LogP contribution >= 0.6 is 0 Å². The first kappa shape index (κ1) is 17.7. The monoisotopic (exact) mass is 341 g/mol. The summed E-state index contributed by atoms with van der Waals surface area (Å²) in [5.74, 6) is -0.133. The molecule has 0 unspecified atom stereocenters. The lowest BCUT2D eigenvalue weighted by molar-refractivity contribution is 0.107. The van der Waals surface area contributed by atoms with Crippen LogP contribution in [0.15, 0.2) is 30.3 Å². The molecule has 23 heavy (non-hydrogen) atoms. The van der Waals surface area contributed by atoms with Crippen molar-refractivity contribution in [3.63, 3.8) is 0 Å². The zero-order valence-electron chi connectivity index (χ0n) is 13.3. The number of nitrogens with zero attached hydrogens (tertiary/aromatic N) is 1. The molecule has 1 amide bonds. The molecule has 1 heterocycles. The summed E-state index contributed by atoms with van der Waals surface area (Å²) in [4.78, 5) is 13.3. The Hall–Kier alpha value is -1.60. The van der Waals surface area contributed by atoms with Crippen molar-refractivity contribution in [2.45, 2.75) is 38.0 Å². The molecule has 0 spiro atoms. The zero-order chi connectivity index (χ0) is 16.7. The van der Waals surface area contributed by atoms with Gasteiger partial charge in [0, 0.05) is 13.1 Å². The highest BCUT2D eigenvalue weighted by molar-refractivity contribution is 7.85. The fourth-order valence-electron chi connectivity index (χ4n) is 2.58. The van der Waals surface area contributed by atoms with Gasteiger partial charge in [-0.15, -0.1) is 0 Å². The molecular formula is C16H23NO5S. The molecule has 1 saturated heterocycles. The second-order valence-corrected chi connectivity index (χ2v) is 7.12. The van der Waals surface area contributed by atoms with Gasteiger partial charge in [0.05, 0.1) is 12.7 Å². The standard InChI is InChI=1S/C16H23NO5S/c1-2-21-16(18)17-11-6-9-15(10-12-17)22-23(19,20)13-14-7-4-3-5-8-14/h3-5,7-8,15H,2,6,9-13H2,1H3/t15-/m0/s1. The van der Waals surface area contributed by atoms with Crippen LogP contribution in [0.25, 0.3) is 0 Å². The Kier molecular flexibility index (Phi) is 6.41. The van der Waals surface area contributed by atoms with Gasteiger partial charge >= 0.3 is 6.09 Å². The predicted molar refractivity (Wildman–Crippen MR) is 86.4 cm³/mol. The molecule has 1 aliphatic heterocycles. The van der Waals surface area contributed by atoms with Crippen LogP contribution in [0, 0.1) is 0 Å². The minimum absolute atomic E-state index is 0.133. The third kappa shape index (κ3) is 5.84. The molecule has 7 heteroatoms. The summed E-state index contributed by atoms with van der Waals surface area (Å²) in [7, 11) is -3.63. The van der Waals surface area contributed by atoms with Crippen molar-refractivity contribution in [3.8, 4) is 0 Å². The Morgan fingerprint density at radius 3 is 2.65 bits per heavy atom. The number of hydrogen-bond donors (Lipinski definition) is 0. The number of rotatable bonds is 5. The largest absolute Gasteiger partial charge is 0.450 e. The summed E-state index contributed by atoms with van der Waals surface area (Å²) >= 11 is 0. The second-order valence-electron chi connectivity index (χ2n) is 5.52. The van der Waals surface area contributed by atoms with Crippen LogP contribution in [0.4, 0.5) is 4.79 Å². The van der Waals surface area contributed by atoms with E-state index in [1.807, 2.05) is 6.07 Å². The van der Waals surface area contributed by atoms with Crippen LogP contribution in [0.1, 0.15) is 31.7 Å². The Bertz CT molecular complexity index is 602. The maximum absolute atomic E-state index is 12.2. The van der Waals surface area contributed by atoms with E-state index in [1.54, 1.807) is 36.1 Å². The summed E-state index contributed by atoms with van der Waals surface area (Å²) in [6.45, 7) is 3.11. The molecule has 2 rings (SSSR count). The molecule has 0 aromatic heterocycles. The van der Waals surface area contributed by atoms with Crippen molar-refractivity contribution >= 4 is 16.2 Å². The lowest BCUT2D eigenvalue weighted by Gasteiger charge is -2.19. The van der Waals surface area contributed by atoms with Crippen LogP contribution in [0.3, 0.4) is 0 Å². The lowest BCUT2D eigenvalue weighted by atomic mass is 10.2. The van der Waals surface area contributed by atoms with E-state index in [0.717, 1.165) is 0 Å². The van der Waals surface area contributed by atoms with E-state index < -0.39 is 10.1 Å². The fraction of sp³-hybridized carbons (Fsp3) is 0.562. The SMILES string of the molecule is CCOC(=O)N1CCC[C@H](OS(=O)(=O)Cc2ccccc2)CC1. The minimum Gasteiger partial charge on any atom is -0.450 e. The lowest BCUT2D eigenvalue weighted by Crippen LogP contribution is -2.33. The summed E-state index contributed by atoms with van der Waals surface area (Å²) < 4.78 is 34.7. The average Bonchev–Trinajstić information content (AvgIpc) is 2.73. The van der Waals surface area contributed by atoms with Gasteiger partial charge in [-0.25, -0.2) is 4.79 Å². The van der Waals surface area contributed by atoms with Gasteiger partial charge in [-0.2, -0.15) is 8.42 Å². The van der Waals surface area contributed by atoms with Gasteiger partial charge in [0.25, 0.3) is 10.1 Å². The Morgan fingerprint density at radius 2 is 1.96 bits per heavy atom. The number of likely N-dealkylation sites (tertiary alicyclic amines) is 1. The van der Waals surface area contributed by atoms with E-state index >= 15 is 0 Å². The zero-order valence-corrected chi connectivity index (χ0v) is 14.1. The van der Waals surface area contributed by atoms with Crippen molar-refractivity contribution < 1.29 is 22.1 Å². The van der Waals surface area contributed by atoms with Crippen LogP contribution in [0.5, 0.6) is 0 Å². The molecule has 1 aromatic rings. The minimum atomic E-state index is -3.63. The second kappa shape index (κ2) is 8.31. The smallest absolute Gasteiger partial charge is 0.409 e. The van der Waals surface area contributed by atoms with Crippen LogP contribution < -0.4 is 0 Å². The topological polar surface area (TPSA) is 72.9 Å². The molecular weight excluding hydrogens is 318 g/mol. The quantitative estimate of drug-likeness (QED) is 0.770. The summed E-state index contributed by atoms with van der Waals surface area (Å²) in [6, 6.07) is 8.96. The number of ether oxygens (including phenoxy) is 1. The van der Waals surface area contributed by atoms with Crippen molar-refractivity contribution in [3.05, 3.63) is 35.9 Å². The Balaban J connectivity index is 1.89. The van der Waals surface area contributed by atoms with Crippen molar-refractivity contribution in [1.82, 2.24) is 4.90 Å². The number of carbonyl (C=O) groups is 1. The highest BCUT2D eigenvalue weighted by atomic mass is 32.2. The average molecular weight is 341 g/mol. The van der Waals surface area contributed by atoms with Crippen LogP contribution in [0.2, 0.25) is 0 Å². The van der Waals surface area contributed by atoms with E-state index in [0.29, 0.717) is 44.5 Å². The molecule has 0 N–H and O–H groups in total. The number of benzene rings is 1. The molecule has 0 saturated carbocycles. The normalized spacial score (nSPS) is 19.2. The summed E-state index contributed by atoms with van der Waals surface area (Å²) in [5, 5.41) is 0. The summed E-state index contributed by atoms with van der Waals surface area (Å²) in [6.07, 6.45) is 1.07. The van der Waals surface area contributed by atoms with E-state index in [2.05, 4.69) is 0 Å². The van der Waals surface area contributed by atoms with Crippen LogP contribution in [-0.2, 0) is 24.8 Å². The number of carbonyl (C=O) groups excluding carboxylic acids is 1. The first-order valence-electron chi connectivity index (χ1n) is 7.87. The first-order chi connectivity index (χ1) is 11.0. The van der Waals surface area contributed by atoms with Crippen LogP contribution in [-0.4, -0.2) is 45.2 Å². The molecule has 1 aliphatic rings. The molecule has 6 nitrogen and oxygen atoms in total. The van der Waals surface area contributed by atoms with Gasteiger partial charge < -0.3 is 9.64 Å². The van der Waals surface area contributed by atoms with Crippen molar-refractivity contribution in [2.75, 3.05) is 19.7 Å². The van der Waals surface area contributed by atoms with E-state index in [-0.39, 0.29) is 18.0 Å². The van der Waals surface area contributed by atoms with Gasteiger partial charge in [0.2, 0.25) is 0 Å². The van der Waals surface area contributed by atoms with Gasteiger partial charge in [-0.3, -0.25) is 4.18 Å². The van der Waals surface area contributed by atoms with Gasteiger partial charge in [0.1, 0.15) is 5.75 Å². The van der Waals surface area contributed by atoms with Crippen molar-refractivity contribution in [1.29, 1.82) is 0 Å². The highest BCUT2D eigenvalue weighted by Gasteiger charge is 2.25. The predicted octanol–water partition coefficient (Wildman–Crippen LogP) is 2.54. The van der Waals surface area contributed by atoms with Crippen molar-refractivity contribution in [2.24, 2.45) is 0 Å². The number of amides is 1. The maximum atomic E-state index is 12.2. The maximum Gasteiger partial charge on any atom is 0.409 e. The third-order valence-corrected chi connectivity index (χ3v) is 4.92. The molecule has 1 atom stereocenters. The molecule has 128 valence electrons. The Morgan fingerprint density at radius 1 is 1.22 bits per heavy atom. The van der Waals surface area contributed by atoms with E-state index in [1.165, 1.54) is 0 Å². The fourth-order valence-corrected chi connectivity index (χ4v) is 3.85. The molecule has 0 aliphatic carbocycles. The number of hydrogen-bond acceptors (Lipinski definition) is 5. The molecule has 0 radical (unpaired) electrons. The van der Waals surface area contributed by atoms with E-state index in [9.17, 15) is 13.2 Å². The van der Waals surface area contributed by atoms with Gasteiger partial charge in [0.15, 0.2) is 0 Å². The third-order valence-electron chi connectivity index (χ3n) is 3.67.